The minimum absolute atomic E-state index is 0.725. The number of aromatic nitrogens is 2. The summed E-state index contributed by atoms with van der Waals surface area (Å²) in [6.45, 7) is 4.56. The monoisotopic (exact) mass is 223 g/mol. The van der Waals surface area contributed by atoms with Crippen LogP contribution >= 0.6 is 11.5 Å². The minimum atomic E-state index is 0.725. The third kappa shape index (κ3) is 2.36. The lowest BCUT2D eigenvalue weighted by molar-refractivity contribution is 0.481. The first kappa shape index (κ1) is 10.2. The van der Waals surface area contributed by atoms with Crippen LogP contribution in [-0.2, 0) is 6.54 Å². The van der Waals surface area contributed by atoms with Crippen molar-refractivity contribution in [3.63, 3.8) is 0 Å². The Morgan fingerprint density at radius 2 is 2.20 bits per heavy atom. The van der Waals surface area contributed by atoms with Gasteiger partial charge in [-0.1, -0.05) is 0 Å². The number of hydrogen-bond donors (Lipinski definition) is 0. The summed E-state index contributed by atoms with van der Waals surface area (Å²) in [4.78, 5) is 6.34. The SMILES string of the molecule is Cc1nsc(N(C)Cc2ccc(C)o2)n1. The van der Waals surface area contributed by atoms with Crippen LogP contribution in [-0.4, -0.2) is 16.4 Å². The molecule has 0 fully saturated rings. The van der Waals surface area contributed by atoms with Gasteiger partial charge in [-0.3, -0.25) is 0 Å². The third-order valence-corrected chi connectivity index (χ3v) is 2.95. The van der Waals surface area contributed by atoms with Crippen LogP contribution in [0.25, 0.3) is 0 Å². The zero-order valence-corrected chi connectivity index (χ0v) is 9.84. The molecule has 0 spiro atoms. The van der Waals surface area contributed by atoms with Gasteiger partial charge in [-0.2, -0.15) is 4.37 Å². The van der Waals surface area contributed by atoms with Crippen LogP contribution < -0.4 is 4.90 Å². The summed E-state index contributed by atoms with van der Waals surface area (Å²) in [5, 5.41) is 0.918. The van der Waals surface area contributed by atoms with E-state index < -0.39 is 0 Å². The predicted octanol–water partition coefficient (Wildman–Crippen LogP) is 2.38. The van der Waals surface area contributed by atoms with E-state index in [-0.39, 0.29) is 0 Å². The van der Waals surface area contributed by atoms with Crippen molar-refractivity contribution in [2.24, 2.45) is 0 Å². The molecule has 0 radical (unpaired) electrons. The van der Waals surface area contributed by atoms with Crippen molar-refractivity contribution < 1.29 is 4.42 Å². The highest BCUT2D eigenvalue weighted by Gasteiger charge is 2.08. The highest BCUT2D eigenvalue weighted by molar-refractivity contribution is 7.09. The summed E-state index contributed by atoms with van der Waals surface area (Å²) < 4.78 is 9.64. The summed E-state index contributed by atoms with van der Waals surface area (Å²) in [7, 11) is 1.98. The van der Waals surface area contributed by atoms with Crippen LogP contribution in [0.2, 0.25) is 0 Å². The van der Waals surface area contributed by atoms with Crippen LogP contribution in [0.15, 0.2) is 16.5 Å². The molecule has 15 heavy (non-hydrogen) atoms. The van der Waals surface area contributed by atoms with Gasteiger partial charge < -0.3 is 9.32 Å². The van der Waals surface area contributed by atoms with E-state index in [1.807, 2.05) is 37.9 Å². The van der Waals surface area contributed by atoms with Crippen molar-refractivity contribution in [3.05, 3.63) is 29.5 Å². The van der Waals surface area contributed by atoms with Gasteiger partial charge in [0.1, 0.15) is 17.3 Å². The van der Waals surface area contributed by atoms with Gasteiger partial charge in [-0.15, -0.1) is 0 Å². The maximum atomic E-state index is 5.50. The highest BCUT2D eigenvalue weighted by Crippen LogP contribution is 2.18. The van der Waals surface area contributed by atoms with Crippen LogP contribution in [0.5, 0.6) is 0 Å². The first-order valence-electron chi connectivity index (χ1n) is 4.72. The zero-order chi connectivity index (χ0) is 10.8. The Morgan fingerprint density at radius 1 is 1.40 bits per heavy atom. The summed E-state index contributed by atoms with van der Waals surface area (Å²) in [5.74, 6) is 2.70. The second-order valence-electron chi connectivity index (χ2n) is 3.49. The number of anilines is 1. The molecule has 0 aromatic carbocycles. The molecule has 5 heteroatoms. The molecular formula is C10H13N3OS. The van der Waals surface area contributed by atoms with Crippen molar-refractivity contribution in [1.82, 2.24) is 9.36 Å². The van der Waals surface area contributed by atoms with E-state index in [2.05, 4.69) is 9.36 Å². The Balaban J connectivity index is 2.06. The fourth-order valence-corrected chi connectivity index (χ4v) is 1.94. The number of furan rings is 1. The number of nitrogens with zero attached hydrogens (tertiary/aromatic N) is 3. The molecule has 2 rings (SSSR count). The molecular weight excluding hydrogens is 210 g/mol. The molecule has 80 valence electrons. The lowest BCUT2D eigenvalue weighted by Crippen LogP contribution is -2.15. The predicted molar refractivity (Wildman–Crippen MR) is 60.2 cm³/mol. The molecule has 0 aliphatic carbocycles. The van der Waals surface area contributed by atoms with E-state index >= 15 is 0 Å². The van der Waals surface area contributed by atoms with Crippen molar-refractivity contribution in [3.8, 4) is 0 Å². The Morgan fingerprint density at radius 3 is 2.73 bits per heavy atom. The van der Waals surface area contributed by atoms with Crippen molar-refractivity contribution in [2.75, 3.05) is 11.9 Å². The summed E-state index contributed by atoms with van der Waals surface area (Å²) in [5.41, 5.74) is 0. The van der Waals surface area contributed by atoms with E-state index in [1.54, 1.807) is 0 Å². The Bertz CT molecular complexity index is 449. The largest absolute Gasteiger partial charge is 0.464 e. The fourth-order valence-electron chi connectivity index (χ4n) is 1.31. The topological polar surface area (TPSA) is 42.2 Å². The molecule has 2 aromatic rings. The van der Waals surface area contributed by atoms with Crippen molar-refractivity contribution in [2.45, 2.75) is 20.4 Å². The third-order valence-electron chi connectivity index (χ3n) is 2.03. The molecule has 0 saturated heterocycles. The van der Waals surface area contributed by atoms with E-state index in [0.29, 0.717) is 0 Å². The quantitative estimate of drug-likeness (QED) is 0.801. The number of hydrogen-bond acceptors (Lipinski definition) is 5. The average molecular weight is 223 g/mol. The molecule has 0 aliphatic heterocycles. The second-order valence-corrected chi connectivity index (χ2v) is 4.22. The lowest BCUT2D eigenvalue weighted by Gasteiger charge is -2.12. The van der Waals surface area contributed by atoms with Gasteiger partial charge in [0.15, 0.2) is 0 Å². The van der Waals surface area contributed by atoms with Gasteiger partial charge in [0.05, 0.1) is 6.54 Å². The summed E-state index contributed by atoms with van der Waals surface area (Å²) in [6.07, 6.45) is 0. The van der Waals surface area contributed by atoms with Gasteiger partial charge in [0.2, 0.25) is 5.13 Å². The average Bonchev–Trinajstić information content (AvgIpc) is 2.75. The molecule has 0 aliphatic rings. The van der Waals surface area contributed by atoms with Crippen LogP contribution in [0.1, 0.15) is 17.3 Å². The standard InChI is InChI=1S/C10H13N3OS/c1-7-4-5-9(14-7)6-13(3)10-11-8(2)12-15-10/h4-5H,6H2,1-3H3. The van der Waals surface area contributed by atoms with Gasteiger partial charge >= 0.3 is 0 Å². The Hall–Kier alpha value is -1.36. The normalized spacial score (nSPS) is 10.6. The molecule has 0 N–H and O–H groups in total. The van der Waals surface area contributed by atoms with Gasteiger partial charge in [0, 0.05) is 18.6 Å². The van der Waals surface area contributed by atoms with E-state index in [4.69, 9.17) is 4.42 Å². The van der Waals surface area contributed by atoms with Gasteiger partial charge in [-0.25, -0.2) is 4.98 Å². The maximum Gasteiger partial charge on any atom is 0.205 e. The van der Waals surface area contributed by atoms with Crippen LogP contribution in [0.4, 0.5) is 5.13 Å². The molecule has 4 nitrogen and oxygen atoms in total. The smallest absolute Gasteiger partial charge is 0.205 e. The molecule has 0 saturated carbocycles. The fraction of sp³-hybridized carbons (Fsp3) is 0.400. The first-order chi connectivity index (χ1) is 7.15. The molecule has 0 amide bonds. The van der Waals surface area contributed by atoms with E-state index in [9.17, 15) is 0 Å². The Labute approximate surface area is 92.7 Å². The van der Waals surface area contributed by atoms with Crippen molar-refractivity contribution in [1.29, 1.82) is 0 Å². The molecule has 2 aromatic heterocycles. The summed E-state index contributed by atoms with van der Waals surface area (Å²) >= 11 is 1.41. The molecule has 0 atom stereocenters. The van der Waals surface area contributed by atoms with Gasteiger partial charge in [0.25, 0.3) is 0 Å². The lowest BCUT2D eigenvalue weighted by atomic mass is 10.4. The summed E-state index contributed by atoms with van der Waals surface area (Å²) in [6, 6.07) is 3.95. The maximum absolute atomic E-state index is 5.50. The number of rotatable bonds is 3. The van der Waals surface area contributed by atoms with Gasteiger partial charge in [-0.05, 0) is 26.0 Å². The minimum Gasteiger partial charge on any atom is -0.464 e. The molecule has 0 bridgehead atoms. The number of aryl methyl sites for hydroxylation is 2. The molecule has 0 unspecified atom stereocenters. The molecule has 2 heterocycles. The highest BCUT2D eigenvalue weighted by atomic mass is 32.1. The zero-order valence-electron chi connectivity index (χ0n) is 9.02. The van der Waals surface area contributed by atoms with E-state index in [1.165, 1.54) is 11.5 Å². The second kappa shape index (κ2) is 4.02. The van der Waals surface area contributed by atoms with Crippen LogP contribution in [0.3, 0.4) is 0 Å². The first-order valence-corrected chi connectivity index (χ1v) is 5.49. The van der Waals surface area contributed by atoms with E-state index in [0.717, 1.165) is 29.0 Å². The Kier molecular flexibility index (Phi) is 2.73. The van der Waals surface area contributed by atoms with Crippen LogP contribution in [0, 0.1) is 13.8 Å². The van der Waals surface area contributed by atoms with Crippen molar-refractivity contribution >= 4 is 16.7 Å².